The summed E-state index contributed by atoms with van der Waals surface area (Å²) < 4.78 is 25.6. The summed E-state index contributed by atoms with van der Waals surface area (Å²) in [6.45, 7) is 0. The van der Waals surface area contributed by atoms with Gasteiger partial charge in [0.15, 0.2) is 0 Å². The number of anilines is 1. The van der Waals surface area contributed by atoms with Gasteiger partial charge in [-0.3, -0.25) is 4.79 Å². The standard InChI is InChI=1S/C12H8F2N2O/c13-8-3-1-4-9(7-8)15-12(17)10-5-2-6-11(14)16-10/h1-7H,(H,15,17). The van der Waals surface area contributed by atoms with Gasteiger partial charge < -0.3 is 5.32 Å². The van der Waals surface area contributed by atoms with Crippen molar-refractivity contribution >= 4 is 11.6 Å². The van der Waals surface area contributed by atoms with Gasteiger partial charge in [0.25, 0.3) is 5.91 Å². The third kappa shape index (κ3) is 2.84. The Balaban J connectivity index is 2.17. The van der Waals surface area contributed by atoms with Crippen LogP contribution in [0.4, 0.5) is 14.5 Å². The summed E-state index contributed by atoms with van der Waals surface area (Å²) >= 11 is 0. The molecule has 1 heterocycles. The Bertz CT molecular complexity index is 558. The average Bonchev–Trinajstić information content (AvgIpc) is 2.29. The van der Waals surface area contributed by atoms with E-state index in [0.717, 1.165) is 12.1 Å². The molecule has 1 N–H and O–H groups in total. The number of halogens is 2. The maximum atomic E-state index is 12.9. The number of benzene rings is 1. The van der Waals surface area contributed by atoms with Crippen molar-refractivity contribution in [3.05, 3.63) is 59.9 Å². The first-order valence-electron chi connectivity index (χ1n) is 4.84. The van der Waals surface area contributed by atoms with E-state index < -0.39 is 17.7 Å². The van der Waals surface area contributed by atoms with E-state index >= 15 is 0 Å². The van der Waals surface area contributed by atoms with Crippen molar-refractivity contribution in [2.24, 2.45) is 0 Å². The van der Waals surface area contributed by atoms with Crippen molar-refractivity contribution in [1.29, 1.82) is 0 Å². The van der Waals surface area contributed by atoms with E-state index in [1.807, 2.05) is 0 Å². The molecule has 2 aromatic rings. The molecule has 0 fully saturated rings. The van der Waals surface area contributed by atoms with Gasteiger partial charge in [-0.25, -0.2) is 9.37 Å². The molecule has 0 unspecified atom stereocenters. The molecule has 0 radical (unpaired) electrons. The second-order valence-electron chi connectivity index (χ2n) is 3.31. The summed E-state index contributed by atoms with van der Waals surface area (Å²) in [4.78, 5) is 15.0. The van der Waals surface area contributed by atoms with Crippen LogP contribution in [0.3, 0.4) is 0 Å². The van der Waals surface area contributed by atoms with Crippen molar-refractivity contribution in [2.45, 2.75) is 0 Å². The van der Waals surface area contributed by atoms with Crippen LogP contribution < -0.4 is 5.32 Å². The largest absolute Gasteiger partial charge is 0.321 e. The second kappa shape index (κ2) is 4.69. The predicted octanol–water partition coefficient (Wildman–Crippen LogP) is 2.61. The number of aromatic nitrogens is 1. The first kappa shape index (κ1) is 11.2. The fourth-order valence-electron chi connectivity index (χ4n) is 1.30. The number of nitrogens with zero attached hydrogens (tertiary/aromatic N) is 1. The van der Waals surface area contributed by atoms with Crippen LogP contribution >= 0.6 is 0 Å². The molecule has 0 bridgehead atoms. The maximum Gasteiger partial charge on any atom is 0.274 e. The van der Waals surface area contributed by atoms with Crippen LogP contribution in [0.15, 0.2) is 42.5 Å². The Morgan fingerprint density at radius 3 is 2.59 bits per heavy atom. The Morgan fingerprint density at radius 2 is 1.88 bits per heavy atom. The van der Waals surface area contributed by atoms with Gasteiger partial charge in [0, 0.05) is 5.69 Å². The number of carbonyl (C=O) groups is 1. The number of amides is 1. The molecule has 5 heteroatoms. The molecule has 0 saturated carbocycles. The SMILES string of the molecule is O=C(Nc1cccc(F)c1)c1cccc(F)n1. The van der Waals surface area contributed by atoms with Crippen LogP contribution in [-0.4, -0.2) is 10.9 Å². The van der Waals surface area contributed by atoms with E-state index in [1.165, 1.54) is 30.3 Å². The van der Waals surface area contributed by atoms with Gasteiger partial charge in [0.2, 0.25) is 5.95 Å². The molecule has 2 rings (SSSR count). The fraction of sp³-hybridized carbons (Fsp3) is 0. The van der Waals surface area contributed by atoms with Crippen LogP contribution in [-0.2, 0) is 0 Å². The topological polar surface area (TPSA) is 42.0 Å². The Kier molecular flexibility index (Phi) is 3.09. The van der Waals surface area contributed by atoms with E-state index in [4.69, 9.17) is 0 Å². The minimum atomic E-state index is -0.739. The van der Waals surface area contributed by atoms with Crippen molar-refractivity contribution in [1.82, 2.24) is 4.98 Å². The molecule has 0 aliphatic carbocycles. The lowest BCUT2D eigenvalue weighted by atomic mass is 10.3. The highest BCUT2D eigenvalue weighted by molar-refractivity contribution is 6.02. The number of rotatable bonds is 2. The zero-order chi connectivity index (χ0) is 12.3. The minimum Gasteiger partial charge on any atom is -0.321 e. The average molecular weight is 234 g/mol. The molecule has 1 aromatic carbocycles. The Hall–Kier alpha value is -2.30. The van der Waals surface area contributed by atoms with Crippen molar-refractivity contribution in [3.8, 4) is 0 Å². The molecule has 3 nitrogen and oxygen atoms in total. The molecule has 1 aromatic heterocycles. The zero-order valence-corrected chi connectivity index (χ0v) is 8.65. The molecular formula is C12H8F2N2O. The number of hydrogen-bond acceptors (Lipinski definition) is 2. The first-order chi connectivity index (χ1) is 8.15. The van der Waals surface area contributed by atoms with E-state index in [1.54, 1.807) is 0 Å². The van der Waals surface area contributed by atoms with Gasteiger partial charge in [-0.2, -0.15) is 4.39 Å². The van der Waals surface area contributed by atoms with Gasteiger partial charge >= 0.3 is 0 Å². The highest BCUT2D eigenvalue weighted by Crippen LogP contribution is 2.10. The van der Waals surface area contributed by atoms with Crippen LogP contribution in [0, 0.1) is 11.8 Å². The van der Waals surface area contributed by atoms with Crippen LogP contribution in [0.5, 0.6) is 0 Å². The van der Waals surface area contributed by atoms with E-state index in [9.17, 15) is 13.6 Å². The molecule has 0 saturated heterocycles. The highest BCUT2D eigenvalue weighted by atomic mass is 19.1. The van der Waals surface area contributed by atoms with Gasteiger partial charge in [0.05, 0.1) is 0 Å². The summed E-state index contributed by atoms with van der Waals surface area (Å²) in [7, 11) is 0. The lowest BCUT2D eigenvalue weighted by molar-refractivity contribution is 0.102. The Labute approximate surface area is 96.1 Å². The van der Waals surface area contributed by atoms with Crippen molar-refractivity contribution < 1.29 is 13.6 Å². The molecule has 86 valence electrons. The molecule has 0 spiro atoms. The summed E-state index contributed by atoms with van der Waals surface area (Å²) in [5.74, 6) is -1.79. The number of carbonyl (C=O) groups excluding carboxylic acids is 1. The van der Waals surface area contributed by atoms with E-state index in [-0.39, 0.29) is 5.69 Å². The third-order valence-electron chi connectivity index (χ3n) is 2.03. The lowest BCUT2D eigenvalue weighted by Crippen LogP contribution is -2.14. The lowest BCUT2D eigenvalue weighted by Gasteiger charge is -2.04. The van der Waals surface area contributed by atoms with Crippen molar-refractivity contribution in [2.75, 3.05) is 5.32 Å². The highest BCUT2D eigenvalue weighted by Gasteiger charge is 2.08. The third-order valence-corrected chi connectivity index (χ3v) is 2.03. The number of hydrogen-bond donors (Lipinski definition) is 1. The monoisotopic (exact) mass is 234 g/mol. The predicted molar refractivity (Wildman–Crippen MR) is 58.5 cm³/mol. The summed E-state index contributed by atoms with van der Waals surface area (Å²) in [5, 5.41) is 2.42. The maximum absolute atomic E-state index is 12.9. The second-order valence-corrected chi connectivity index (χ2v) is 3.31. The van der Waals surface area contributed by atoms with E-state index in [0.29, 0.717) is 5.69 Å². The van der Waals surface area contributed by atoms with Crippen molar-refractivity contribution in [3.63, 3.8) is 0 Å². The Morgan fingerprint density at radius 1 is 1.12 bits per heavy atom. The number of pyridine rings is 1. The van der Waals surface area contributed by atoms with Crippen LogP contribution in [0.1, 0.15) is 10.5 Å². The summed E-state index contributed by atoms with van der Waals surface area (Å²) in [6.07, 6.45) is 0. The van der Waals surface area contributed by atoms with Gasteiger partial charge in [0.1, 0.15) is 11.5 Å². The van der Waals surface area contributed by atoms with Gasteiger partial charge in [-0.05, 0) is 30.3 Å². The molecule has 0 aliphatic heterocycles. The van der Waals surface area contributed by atoms with Crippen LogP contribution in [0.2, 0.25) is 0 Å². The number of nitrogens with one attached hydrogen (secondary N) is 1. The molecule has 1 amide bonds. The fourth-order valence-corrected chi connectivity index (χ4v) is 1.30. The van der Waals surface area contributed by atoms with E-state index in [2.05, 4.69) is 10.3 Å². The van der Waals surface area contributed by atoms with Gasteiger partial charge in [-0.1, -0.05) is 12.1 Å². The summed E-state index contributed by atoms with van der Waals surface area (Å²) in [6, 6.07) is 9.30. The first-order valence-corrected chi connectivity index (χ1v) is 4.84. The minimum absolute atomic E-state index is 0.0609. The summed E-state index contributed by atoms with van der Waals surface area (Å²) in [5.41, 5.74) is 0.232. The normalized spacial score (nSPS) is 10.0. The van der Waals surface area contributed by atoms with Gasteiger partial charge in [-0.15, -0.1) is 0 Å². The quantitative estimate of drug-likeness (QED) is 0.811. The smallest absolute Gasteiger partial charge is 0.274 e. The molecule has 0 aliphatic rings. The van der Waals surface area contributed by atoms with Crippen LogP contribution in [0.25, 0.3) is 0 Å². The zero-order valence-electron chi connectivity index (χ0n) is 8.65. The molecule has 17 heavy (non-hydrogen) atoms. The molecular weight excluding hydrogens is 226 g/mol. The molecule has 0 atom stereocenters.